The number of pyridine rings is 1. The summed E-state index contributed by atoms with van der Waals surface area (Å²) >= 11 is 0. The summed E-state index contributed by atoms with van der Waals surface area (Å²) in [6.45, 7) is 3.89. The fourth-order valence-corrected chi connectivity index (χ4v) is 3.68. The van der Waals surface area contributed by atoms with Crippen molar-refractivity contribution in [3.05, 3.63) is 83.2 Å². The average molecular weight is 497 g/mol. The van der Waals surface area contributed by atoms with Crippen molar-refractivity contribution in [2.45, 2.75) is 20.0 Å². The van der Waals surface area contributed by atoms with Gasteiger partial charge in [-0.25, -0.2) is 9.78 Å². The Hall–Kier alpha value is -4.34. The van der Waals surface area contributed by atoms with Gasteiger partial charge in [-0.3, -0.25) is 4.79 Å². The molecule has 0 saturated carbocycles. The van der Waals surface area contributed by atoms with E-state index in [0.717, 1.165) is 40.7 Å². The number of halogens is 3. The molecule has 1 N–H and O–H groups in total. The number of aryl methyl sites for hydroxylation is 2. The minimum Gasteiger partial charge on any atom is -0.461 e. The van der Waals surface area contributed by atoms with Gasteiger partial charge in [0, 0.05) is 35.1 Å². The molecule has 0 aliphatic heterocycles. The molecule has 10 heteroatoms. The highest BCUT2D eigenvalue weighted by Gasteiger charge is 2.30. The molecule has 2 aromatic heterocycles. The molecule has 0 saturated heterocycles. The third-order valence-corrected chi connectivity index (χ3v) is 5.61. The van der Waals surface area contributed by atoms with E-state index in [9.17, 15) is 22.8 Å². The van der Waals surface area contributed by atoms with Gasteiger partial charge in [-0.15, -0.1) is 0 Å². The third kappa shape index (κ3) is 5.02. The quantitative estimate of drug-likeness (QED) is 0.325. The molecule has 0 atom stereocenters. The molecular formula is C26H22F3N3O4. The Balaban J connectivity index is 1.47. The molecule has 4 rings (SSSR count). The largest absolute Gasteiger partial charge is 0.461 e. The Labute approximate surface area is 204 Å². The zero-order chi connectivity index (χ0) is 26.0. The van der Waals surface area contributed by atoms with Gasteiger partial charge >= 0.3 is 12.1 Å². The van der Waals surface area contributed by atoms with Crippen LogP contribution in [0.2, 0.25) is 0 Å². The number of amides is 1. The first-order valence-electron chi connectivity index (χ1n) is 11.0. The number of alkyl halides is 3. The predicted octanol–water partition coefficient (Wildman–Crippen LogP) is 6.12. The van der Waals surface area contributed by atoms with Crippen LogP contribution >= 0.6 is 0 Å². The molecule has 0 bridgehead atoms. The lowest BCUT2D eigenvalue weighted by Crippen LogP contribution is -2.13. The van der Waals surface area contributed by atoms with Crippen LogP contribution in [0.5, 0.6) is 11.6 Å². The molecule has 0 aliphatic rings. The van der Waals surface area contributed by atoms with E-state index in [1.54, 1.807) is 42.8 Å². The van der Waals surface area contributed by atoms with Gasteiger partial charge in [0.1, 0.15) is 11.4 Å². The van der Waals surface area contributed by atoms with Gasteiger partial charge in [0.25, 0.3) is 5.91 Å². The topological polar surface area (TPSA) is 82.4 Å². The lowest BCUT2D eigenvalue weighted by Gasteiger charge is -2.11. The van der Waals surface area contributed by atoms with Crippen molar-refractivity contribution in [2.24, 2.45) is 7.05 Å². The molecule has 2 heterocycles. The predicted molar refractivity (Wildman–Crippen MR) is 127 cm³/mol. The molecule has 4 aromatic rings. The first-order chi connectivity index (χ1) is 17.1. The zero-order valence-corrected chi connectivity index (χ0v) is 19.6. The lowest BCUT2D eigenvalue weighted by atomic mass is 10.1. The standard InChI is InChI=1S/C26H22F3N3O4/c1-4-35-25(34)21-13-19-15(2)22(11-10-20(19)32(21)3)36-23-12-9-18(14-30-23)31-24(33)16-5-7-17(8-6-16)26(27,28)29/h5-14H,4H2,1-3H3,(H,31,33). The number of carbonyl (C=O) groups excluding carboxylic acids is 2. The fourth-order valence-electron chi connectivity index (χ4n) is 3.68. The maximum absolute atomic E-state index is 12.7. The van der Waals surface area contributed by atoms with E-state index >= 15 is 0 Å². The van der Waals surface area contributed by atoms with E-state index < -0.39 is 23.6 Å². The number of rotatable bonds is 6. The number of carbonyl (C=O) groups is 2. The smallest absolute Gasteiger partial charge is 0.416 e. The molecule has 36 heavy (non-hydrogen) atoms. The summed E-state index contributed by atoms with van der Waals surface area (Å²) in [5.74, 6) is -0.167. The molecule has 186 valence electrons. The monoisotopic (exact) mass is 497 g/mol. The Bertz CT molecular complexity index is 1430. The summed E-state index contributed by atoms with van der Waals surface area (Å²) in [6, 6.07) is 12.4. The summed E-state index contributed by atoms with van der Waals surface area (Å²) in [7, 11) is 1.79. The molecule has 0 fully saturated rings. The Morgan fingerprint density at radius 3 is 2.39 bits per heavy atom. The SMILES string of the molecule is CCOC(=O)c1cc2c(C)c(Oc3ccc(NC(=O)c4ccc(C(F)(F)F)cc4)cn3)ccc2n1C. The third-order valence-electron chi connectivity index (χ3n) is 5.61. The number of ether oxygens (including phenoxy) is 2. The molecule has 2 aromatic carbocycles. The van der Waals surface area contributed by atoms with E-state index in [4.69, 9.17) is 9.47 Å². The van der Waals surface area contributed by atoms with Crippen molar-refractivity contribution in [3.8, 4) is 11.6 Å². The van der Waals surface area contributed by atoms with Crippen LogP contribution in [-0.4, -0.2) is 28.0 Å². The van der Waals surface area contributed by atoms with E-state index in [0.29, 0.717) is 17.1 Å². The fraction of sp³-hybridized carbons (Fsp3) is 0.192. The Kier molecular flexibility index (Phi) is 6.69. The number of nitrogens with one attached hydrogen (secondary N) is 1. The zero-order valence-electron chi connectivity index (χ0n) is 19.6. The molecule has 0 spiro atoms. The second-order valence-corrected chi connectivity index (χ2v) is 7.95. The van der Waals surface area contributed by atoms with Gasteiger partial charge in [-0.2, -0.15) is 13.2 Å². The number of aromatic nitrogens is 2. The number of hydrogen-bond acceptors (Lipinski definition) is 5. The van der Waals surface area contributed by atoms with Crippen molar-refractivity contribution < 1.29 is 32.2 Å². The van der Waals surface area contributed by atoms with Gasteiger partial charge in [-0.1, -0.05) is 0 Å². The Morgan fingerprint density at radius 1 is 1.06 bits per heavy atom. The van der Waals surface area contributed by atoms with Crippen LogP contribution in [0, 0.1) is 6.92 Å². The normalized spacial score (nSPS) is 11.4. The molecule has 0 aliphatic carbocycles. The van der Waals surface area contributed by atoms with Crippen LogP contribution in [0.3, 0.4) is 0 Å². The minimum atomic E-state index is -4.47. The van der Waals surface area contributed by atoms with Crippen LogP contribution in [0.25, 0.3) is 10.9 Å². The molecule has 0 unspecified atom stereocenters. The number of anilines is 1. The van der Waals surface area contributed by atoms with Crippen LogP contribution in [0.15, 0.2) is 60.8 Å². The van der Waals surface area contributed by atoms with Crippen LogP contribution in [0.1, 0.15) is 38.9 Å². The van der Waals surface area contributed by atoms with Crippen LogP contribution in [-0.2, 0) is 18.0 Å². The molecule has 7 nitrogen and oxygen atoms in total. The lowest BCUT2D eigenvalue weighted by molar-refractivity contribution is -0.137. The van der Waals surface area contributed by atoms with E-state index in [1.807, 2.05) is 13.0 Å². The van der Waals surface area contributed by atoms with Gasteiger partial charge in [0.05, 0.1) is 24.1 Å². The van der Waals surface area contributed by atoms with Crippen LogP contribution < -0.4 is 10.1 Å². The highest BCUT2D eigenvalue weighted by atomic mass is 19.4. The van der Waals surface area contributed by atoms with Crippen molar-refractivity contribution in [2.75, 3.05) is 11.9 Å². The molecule has 0 radical (unpaired) electrons. The van der Waals surface area contributed by atoms with E-state index in [2.05, 4.69) is 10.3 Å². The van der Waals surface area contributed by atoms with Gasteiger partial charge in [0.15, 0.2) is 0 Å². The minimum absolute atomic E-state index is 0.0808. The van der Waals surface area contributed by atoms with Gasteiger partial charge < -0.3 is 19.4 Å². The van der Waals surface area contributed by atoms with E-state index in [1.165, 1.54) is 6.20 Å². The number of esters is 1. The molecular weight excluding hydrogens is 475 g/mol. The summed E-state index contributed by atoms with van der Waals surface area (Å²) in [5, 5.41) is 3.42. The number of nitrogens with zero attached hydrogens (tertiary/aromatic N) is 2. The highest BCUT2D eigenvalue weighted by Crippen LogP contribution is 2.32. The number of fused-ring (bicyclic) bond motifs is 1. The maximum atomic E-state index is 12.7. The molecule has 1 amide bonds. The first-order valence-corrected chi connectivity index (χ1v) is 11.0. The average Bonchev–Trinajstić information content (AvgIpc) is 3.19. The second kappa shape index (κ2) is 9.73. The van der Waals surface area contributed by atoms with Crippen molar-refractivity contribution >= 4 is 28.5 Å². The second-order valence-electron chi connectivity index (χ2n) is 7.95. The first kappa shape index (κ1) is 24.8. The van der Waals surface area contributed by atoms with Gasteiger partial charge in [0.2, 0.25) is 5.88 Å². The summed E-state index contributed by atoms with van der Waals surface area (Å²) < 4.78 is 50.9. The van der Waals surface area contributed by atoms with Crippen molar-refractivity contribution in [1.29, 1.82) is 0 Å². The van der Waals surface area contributed by atoms with Crippen molar-refractivity contribution in [1.82, 2.24) is 9.55 Å². The summed E-state index contributed by atoms with van der Waals surface area (Å²) in [6.07, 6.45) is -3.09. The summed E-state index contributed by atoms with van der Waals surface area (Å²) in [4.78, 5) is 28.8. The summed E-state index contributed by atoms with van der Waals surface area (Å²) in [5.41, 5.74) is 1.68. The highest BCUT2D eigenvalue weighted by molar-refractivity contribution is 6.04. The van der Waals surface area contributed by atoms with E-state index in [-0.39, 0.29) is 18.1 Å². The van der Waals surface area contributed by atoms with Gasteiger partial charge in [-0.05, 0) is 62.4 Å². The van der Waals surface area contributed by atoms with Crippen LogP contribution in [0.4, 0.5) is 18.9 Å². The van der Waals surface area contributed by atoms with Crippen molar-refractivity contribution in [3.63, 3.8) is 0 Å². The number of benzene rings is 2. The number of hydrogen-bond donors (Lipinski definition) is 1. The Morgan fingerprint density at radius 2 is 1.78 bits per heavy atom. The maximum Gasteiger partial charge on any atom is 0.416 e.